The van der Waals surface area contributed by atoms with Crippen LogP contribution in [-0.2, 0) is 14.3 Å². The van der Waals surface area contributed by atoms with Gasteiger partial charge in [0.1, 0.15) is 6.04 Å². The minimum Gasteiger partial charge on any atom is -0.464 e. The highest BCUT2D eigenvalue weighted by molar-refractivity contribution is 5.76. The summed E-state index contributed by atoms with van der Waals surface area (Å²) < 4.78 is 11.1. The summed E-state index contributed by atoms with van der Waals surface area (Å²) in [5.41, 5.74) is 0. The molecule has 0 spiro atoms. The maximum atomic E-state index is 12.2. The smallest absolute Gasteiger partial charge is 0.323 e. The van der Waals surface area contributed by atoms with E-state index >= 15 is 0 Å². The van der Waals surface area contributed by atoms with E-state index in [1.165, 1.54) is 0 Å². The van der Waals surface area contributed by atoms with Crippen molar-refractivity contribution in [1.29, 1.82) is 0 Å². The van der Waals surface area contributed by atoms with Crippen molar-refractivity contribution in [1.82, 2.24) is 5.32 Å². The topological polar surface area (TPSA) is 47.6 Å². The Hall–Kier alpha value is -1.39. The number of hydrogen-bond acceptors (Lipinski definition) is 4. The summed E-state index contributed by atoms with van der Waals surface area (Å²) in [7, 11) is 0. The summed E-state index contributed by atoms with van der Waals surface area (Å²) >= 11 is 0. The molecule has 0 aliphatic carbocycles. The van der Waals surface area contributed by atoms with Gasteiger partial charge in [-0.1, -0.05) is 38.2 Å². The van der Waals surface area contributed by atoms with Crippen LogP contribution in [0.3, 0.4) is 0 Å². The molecule has 1 rings (SSSR count). The molecule has 0 amide bonds. The van der Waals surface area contributed by atoms with Gasteiger partial charge in [0, 0.05) is 6.04 Å². The van der Waals surface area contributed by atoms with E-state index < -0.39 is 0 Å². The Bertz CT molecular complexity index is 417. The molecule has 0 saturated carbocycles. The van der Waals surface area contributed by atoms with Crippen LogP contribution in [0.15, 0.2) is 37.5 Å². The number of hydrogen-bond donors (Lipinski definition) is 1. The molecule has 4 atom stereocenters. The molecule has 0 bridgehead atoms. The average Bonchev–Trinajstić information content (AvgIpc) is 2.92. The third-order valence-corrected chi connectivity index (χ3v) is 3.90. The van der Waals surface area contributed by atoms with Crippen molar-refractivity contribution in [3.05, 3.63) is 37.5 Å². The highest BCUT2D eigenvalue weighted by Crippen LogP contribution is 2.27. The molecule has 130 valence electrons. The highest BCUT2D eigenvalue weighted by atomic mass is 16.5. The first kappa shape index (κ1) is 19.7. The fourth-order valence-corrected chi connectivity index (χ4v) is 2.78. The molecule has 4 heteroatoms. The summed E-state index contributed by atoms with van der Waals surface area (Å²) in [5.74, 6) is 0.490. The summed E-state index contributed by atoms with van der Waals surface area (Å²) in [6.07, 6.45) is 9.22. The fraction of sp³-hybridized carbons (Fsp3) is 0.632. The molecule has 1 heterocycles. The largest absolute Gasteiger partial charge is 0.464 e. The van der Waals surface area contributed by atoms with Crippen molar-refractivity contribution < 1.29 is 14.3 Å². The van der Waals surface area contributed by atoms with E-state index in [1.54, 1.807) is 6.08 Å². The van der Waals surface area contributed by atoms with Crippen molar-refractivity contribution in [2.24, 2.45) is 11.8 Å². The highest BCUT2D eigenvalue weighted by Gasteiger charge is 2.37. The van der Waals surface area contributed by atoms with Crippen LogP contribution < -0.4 is 5.32 Å². The molecule has 1 unspecified atom stereocenters. The molecular weight excluding hydrogens is 290 g/mol. The van der Waals surface area contributed by atoms with E-state index in [0.717, 1.165) is 12.8 Å². The van der Waals surface area contributed by atoms with Crippen LogP contribution in [0, 0.1) is 11.8 Å². The zero-order chi connectivity index (χ0) is 17.2. The lowest BCUT2D eigenvalue weighted by Gasteiger charge is -2.21. The van der Waals surface area contributed by atoms with Crippen LogP contribution in [0.2, 0.25) is 0 Å². The monoisotopic (exact) mass is 321 g/mol. The van der Waals surface area contributed by atoms with E-state index in [4.69, 9.17) is 9.47 Å². The molecular formula is C19H31NO3. The van der Waals surface area contributed by atoms with Gasteiger partial charge in [0.15, 0.2) is 0 Å². The summed E-state index contributed by atoms with van der Waals surface area (Å²) in [6.45, 7) is 14.5. The van der Waals surface area contributed by atoms with Crippen LogP contribution in [0.25, 0.3) is 0 Å². The second kappa shape index (κ2) is 10.4. The van der Waals surface area contributed by atoms with Crippen molar-refractivity contribution in [3.63, 3.8) is 0 Å². The van der Waals surface area contributed by atoms with Crippen LogP contribution in [0.1, 0.15) is 33.6 Å². The number of rotatable bonds is 10. The van der Waals surface area contributed by atoms with E-state index in [0.29, 0.717) is 25.0 Å². The van der Waals surface area contributed by atoms with Crippen molar-refractivity contribution in [2.45, 2.75) is 51.8 Å². The lowest BCUT2D eigenvalue weighted by Crippen LogP contribution is -2.39. The molecule has 23 heavy (non-hydrogen) atoms. The number of ether oxygens (including phenoxy) is 2. The molecule has 1 N–H and O–H groups in total. The van der Waals surface area contributed by atoms with Gasteiger partial charge in [-0.15, -0.1) is 13.2 Å². The lowest BCUT2D eigenvalue weighted by molar-refractivity contribution is -0.147. The Kier molecular flexibility index (Phi) is 8.89. The van der Waals surface area contributed by atoms with E-state index in [2.05, 4.69) is 24.6 Å². The molecule has 0 radical (unpaired) electrons. The third-order valence-electron chi connectivity index (χ3n) is 3.90. The van der Waals surface area contributed by atoms with E-state index in [9.17, 15) is 4.79 Å². The fourth-order valence-electron chi connectivity index (χ4n) is 2.78. The van der Waals surface area contributed by atoms with E-state index in [-0.39, 0.29) is 24.2 Å². The number of carbonyl (C=O) groups excluding carboxylic acids is 1. The van der Waals surface area contributed by atoms with Crippen LogP contribution >= 0.6 is 0 Å². The van der Waals surface area contributed by atoms with Gasteiger partial charge >= 0.3 is 5.97 Å². The van der Waals surface area contributed by atoms with Gasteiger partial charge in [-0.05, 0) is 31.6 Å². The van der Waals surface area contributed by atoms with Crippen molar-refractivity contribution >= 4 is 5.97 Å². The summed E-state index contributed by atoms with van der Waals surface area (Å²) in [4.78, 5) is 12.2. The number of carbonyl (C=O) groups is 1. The zero-order valence-corrected chi connectivity index (χ0v) is 14.7. The van der Waals surface area contributed by atoms with Crippen LogP contribution in [-0.4, -0.2) is 37.4 Å². The Labute approximate surface area is 140 Å². The Balaban J connectivity index is 2.64. The Morgan fingerprint density at radius 1 is 1.39 bits per heavy atom. The zero-order valence-electron chi connectivity index (χ0n) is 14.7. The van der Waals surface area contributed by atoms with Gasteiger partial charge in [0.25, 0.3) is 0 Å². The molecule has 1 saturated heterocycles. The first-order valence-electron chi connectivity index (χ1n) is 8.42. The number of nitrogens with one attached hydrogen (secondary N) is 1. The van der Waals surface area contributed by atoms with Gasteiger partial charge in [-0.2, -0.15) is 0 Å². The summed E-state index contributed by atoms with van der Waals surface area (Å²) in [5, 5.41) is 3.41. The molecule has 1 fully saturated rings. The predicted octanol–water partition coefficient (Wildman–Crippen LogP) is 3.26. The molecule has 4 nitrogen and oxygen atoms in total. The van der Waals surface area contributed by atoms with Gasteiger partial charge in [0.2, 0.25) is 0 Å². The minimum atomic E-state index is -0.246. The van der Waals surface area contributed by atoms with Gasteiger partial charge in [-0.3, -0.25) is 4.79 Å². The van der Waals surface area contributed by atoms with Gasteiger partial charge in [0.05, 0.1) is 19.3 Å². The van der Waals surface area contributed by atoms with Gasteiger partial charge < -0.3 is 14.8 Å². The standard InChI is InChI=1S/C19H31NO3/c1-6-9-15-11-18(19(21)23-13-14(4)5)20-17(15)12-16(8-3)22-10-7-2/h6-9,14-18,20H,2-3,10-13H2,1,4-5H3/b9-6-/t15-,16+,17?,18-/m1/s1. The van der Waals surface area contributed by atoms with Gasteiger partial charge in [-0.25, -0.2) is 0 Å². The first-order valence-corrected chi connectivity index (χ1v) is 8.42. The Morgan fingerprint density at radius 3 is 2.70 bits per heavy atom. The molecule has 0 aromatic rings. The minimum absolute atomic E-state index is 0.0521. The summed E-state index contributed by atoms with van der Waals surface area (Å²) in [6, 6.07) is -0.0690. The van der Waals surface area contributed by atoms with Crippen molar-refractivity contribution in [2.75, 3.05) is 13.2 Å². The third kappa shape index (κ3) is 6.71. The quantitative estimate of drug-likeness (QED) is 0.495. The maximum Gasteiger partial charge on any atom is 0.323 e. The van der Waals surface area contributed by atoms with E-state index in [1.807, 2.05) is 32.9 Å². The van der Waals surface area contributed by atoms with Crippen molar-refractivity contribution in [3.8, 4) is 0 Å². The molecule has 1 aliphatic rings. The lowest BCUT2D eigenvalue weighted by atomic mass is 9.94. The van der Waals surface area contributed by atoms with Crippen LogP contribution in [0.5, 0.6) is 0 Å². The SMILES string of the molecule is C=CCO[C@@H](C=C)CC1N[C@@H](C(=O)OCC(C)C)C[C@H]1/C=C\C. The Morgan fingerprint density at radius 2 is 2.13 bits per heavy atom. The molecule has 0 aromatic carbocycles. The number of esters is 1. The average molecular weight is 321 g/mol. The second-order valence-electron chi connectivity index (χ2n) is 6.41. The second-order valence-corrected chi connectivity index (χ2v) is 6.41. The normalized spacial score (nSPS) is 25.7. The predicted molar refractivity (Wildman–Crippen MR) is 94.2 cm³/mol. The van der Waals surface area contributed by atoms with Crippen LogP contribution in [0.4, 0.5) is 0 Å². The number of allylic oxidation sites excluding steroid dienone is 1. The first-order chi connectivity index (χ1) is 11.0. The maximum absolute atomic E-state index is 12.2. The molecule has 0 aromatic heterocycles. The molecule has 1 aliphatic heterocycles.